The molecule has 0 aliphatic heterocycles. The highest BCUT2D eigenvalue weighted by atomic mass is 16.5. The molecule has 0 saturated carbocycles. The van der Waals surface area contributed by atoms with Crippen LogP contribution >= 0.6 is 0 Å². The first kappa shape index (κ1) is 10.1. The maximum absolute atomic E-state index is 5.97. The smallest absolute Gasteiger partial charge is 0.119 e. The van der Waals surface area contributed by atoms with Crippen molar-refractivity contribution in [2.75, 3.05) is 7.11 Å². The molecule has 0 spiro atoms. The van der Waals surface area contributed by atoms with Gasteiger partial charge in [-0.05, 0) is 24.1 Å². The van der Waals surface area contributed by atoms with Crippen molar-refractivity contribution in [1.29, 1.82) is 0 Å². The maximum atomic E-state index is 5.97. The summed E-state index contributed by atoms with van der Waals surface area (Å²) in [4.78, 5) is 0. The second kappa shape index (κ2) is 4.87. The second-order valence-electron chi connectivity index (χ2n) is 3.17. The molecule has 0 heterocycles. The Balaban J connectivity index is 2.75. The van der Waals surface area contributed by atoms with Crippen molar-refractivity contribution in [3.63, 3.8) is 0 Å². The Bertz CT molecular complexity index is 260. The summed E-state index contributed by atoms with van der Waals surface area (Å²) in [6, 6.07) is 8.09. The molecule has 0 aliphatic rings. The van der Waals surface area contributed by atoms with E-state index in [1.807, 2.05) is 24.3 Å². The van der Waals surface area contributed by atoms with Gasteiger partial charge >= 0.3 is 0 Å². The minimum absolute atomic E-state index is 0.139. The van der Waals surface area contributed by atoms with Crippen molar-refractivity contribution in [3.05, 3.63) is 29.8 Å². The fourth-order valence-corrected chi connectivity index (χ4v) is 1.35. The van der Waals surface area contributed by atoms with Crippen LogP contribution in [0.25, 0.3) is 0 Å². The molecule has 0 fully saturated rings. The number of methoxy groups -OCH3 is 1. The van der Waals surface area contributed by atoms with Gasteiger partial charge in [0.05, 0.1) is 7.11 Å². The van der Waals surface area contributed by atoms with Crippen molar-refractivity contribution in [1.82, 2.24) is 0 Å². The number of hydrogen-bond acceptors (Lipinski definition) is 2. The molecule has 1 rings (SSSR count). The zero-order valence-electron chi connectivity index (χ0n) is 8.29. The zero-order chi connectivity index (χ0) is 9.68. The number of hydrogen-bond donors (Lipinski definition) is 1. The van der Waals surface area contributed by atoms with Gasteiger partial charge in [0.2, 0.25) is 0 Å². The van der Waals surface area contributed by atoms with E-state index in [9.17, 15) is 0 Å². The first-order valence-corrected chi connectivity index (χ1v) is 4.67. The van der Waals surface area contributed by atoms with E-state index in [2.05, 4.69) is 6.92 Å². The van der Waals surface area contributed by atoms with Crippen LogP contribution in [0.2, 0.25) is 0 Å². The third kappa shape index (κ3) is 2.74. The van der Waals surface area contributed by atoms with E-state index in [1.165, 1.54) is 0 Å². The summed E-state index contributed by atoms with van der Waals surface area (Å²) in [6.07, 6.45) is 2.13. The van der Waals surface area contributed by atoms with E-state index in [0.29, 0.717) is 0 Å². The third-order valence-corrected chi connectivity index (χ3v) is 2.12. The normalized spacial score (nSPS) is 12.5. The lowest BCUT2D eigenvalue weighted by Crippen LogP contribution is -2.09. The fourth-order valence-electron chi connectivity index (χ4n) is 1.35. The van der Waals surface area contributed by atoms with Crippen molar-refractivity contribution >= 4 is 0 Å². The maximum Gasteiger partial charge on any atom is 0.119 e. The van der Waals surface area contributed by atoms with Crippen LogP contribution in [0.5, 0.6) is 5.75 Å². The predicted octanol–water partition coefficient (Wildman–Crippen LogP) is 2.50. The molecule has 72 valence electrons. The standard InChI is InChI=1S/C11H17NO/c1-3-5-11(12)9-6-4-7-10(8-9)13-2/h4,6-8,11H,3,5,12H2,1-2H3/t11-/m1/s1. The van der Waals surface area contributed by atoms with Gasteiger partial charge in [-0.3, -0.25) is 0 Å². The molecule has 0 aromatic heterocycles. The fraction of sp³-hybridized carbons (Fsp3) is 0.455. The lowest BCUT2D eigenvalue weighted by Gasteiger charge is -2.11. The van der Waals surface area contributed by atoms with Crippen LogP contribution in [-0.2, 0) is 0 Å². The molecule has 1 aromatic rings. The molecule has 2 nitrogen and oxygen atoms in total. The van der Waals surface area contributed by atoms with Gasteiger partial charge in [0, 0.05) is 6.04 Å². The van der Waals surface area contributed by atoms with E-state index in [4.69, 9.17) is 10.5 Å². The number of benzene rings is 1. The Morgan fingerprint density at radius 3 is 2.85 bits per heavy atom. The highest BCUT2D eigenvalue weighted by molar-refractivity contribution is 5.30. The van der Waals surface area contributed by atoms with E-state index in [0.717, 1.165) is 24.2 Å². The first-order chi connectivity index (χ1) is 6.27. The van der Waals surface area contributed by atoms with Gasteiger partial charge in [-0.25, -0.2) is 0 Å². The zero-order valence-corrected chi connectivity index (χ0v) is 8.29. The van der Waals surface area contributed by atoms with E-state index < -0.39 is 0 Å². The molecule has 0 radical (unpaired) electrons. The van der Waals surface area contributed by atoms with Crippen LogP contribution in [0.3, 0.4) is 0 Å². The molecular weight excluding hydrogens is 162 g/mol. The highest BCUT2D eigenvalue weighted by Crippen LogP contribution is 2.20. The molecule has 0 saturated heterocycles. The minimum atomic E-state index is 0.139. The molecule has 1 aromatic carbocycles. The second-order valence-corrected chi connectivity index (χ2v) is 3.17. The van der Waals surface area contributed by atoms with Gasteiger partial charge in [-0.15, -0.1) is 0 Å². The van der Waals surface area contributed by atoms with E-state index in [-0.39, 0.29) is 6.04 Å². The largest absolute Gasteiger partial charge is 0.497 e. The topological polar surface area (TPSA) is 35.2 Å². The van der Waals surface area contributed by atoms with Crippen LogP contribution in [-0.4, -0.2) is 7.11 Å². The summed E-state index contributed by atoms with van der Waals surface area (Å²) in [5.41, 5.74) is 7.13. The van der Waals surface area contributed by atoms with Crippen LogP contribution in [0, 0.1) is 0 Å². The van der Waals surface area contributed by atoms with Gasteiger partial charge in [0.25, 0.3) is 0 Å². The molecular formula is C11H17NO. The van der Waals surface area contributed by atoms with Crippen molar-refractivity contribution in [3.8, 4) is 5.75 Å². The van der Waals surface area contributed by atoms with Gasteiger partial charge in [0.1, 0.15) is 5.75 Å². The van der Waals surface area contributed by atoms with Crippen molar-refractivity contribution in [2.24, 2.45) is 5.73 Å². The summed E-state index contributed by atoms with van der Waals surface area (Å²) < 4.78 is 5.13. The monoisotopic (exact) mass is 179 g/mol. The van der Waals surface area contributed by atoms with Crippen LogP contribution in [0.1, 0.15) is 31.4 Å². The Hall–Kier alpha value is -1.02. The molecule has 0 aliphatic carbocycles. The van der Waals surface area contributed by atoms with E-state index >= 15 is 0 Å². The lowest BCUT2D eigenvalue weighted by atomic mass is 10.0. The van der Waals surface area contributed by atoms with Gasteiger partial charge in [-0.1, -0.05) is 25.5 Å². The van der Waals surface area contributed by atoms with Gasteiger partial charge in [-0.2, -0.15) is 0 Å². The molecule has 0 amide bonds. The Morgan fingerprint density at radius 2 is 2.23 bits per heavy atom. The van der Waals surface area contributed by atoms with E-state index in [1.54, 1.807) is 7.11 Å². The average molecular weight is 179 g/mol. The average Bonchev–Trinajstić information content (AvgIpc) is 2.18. The molecule has 13 heavy (non-hydrogen) atoms. The summed E-state index contributed by atoms with van der Waals surface area (Å²) in [5, 5.41) is 0. The van der Waals surface area contributed by atoms with Gasteiger partial charge < -0.3 is 10.5 Å². The Kier molecular flexibility index (Phi) is 3.77. The summed E-state index contributed by atoms with van der Waals surface area (Å²) in [5.74, 6) is 0.879. The summed E-state index contributed by atoms with van der Waals surface area (Å²) in [7, 11) is 1.67. The highest BCUT2D eigenvalue weighted by Gasteiger charge is 2.04. The summed E-state index contributed by atoms with van der Waals surface area (Å²) in [6.45, 7) is 2.14. The van der Waals surface area contributed by atoms with Crippen LogP contribution < -0.4 is 10.5 Å². The van der Waals surface area contributed by atoms with Crippen LogP contribution in [0.15, 0.2) is 24.3 Å². The number of nitrogens with two attached hydrogens (primary N) is 1. The first-order valence-electron chi connectivity index (χ1n) is 4.67. The van der Waals surface area contributed by atoms with Crippen molar-refractivity contribution in [2.45, 2.75) is 25.8 Å². The molecule has 2 N–H and O–H groups in total. The quantitative estimate of drug-likeness (QED) is 0.770. The third-order valence-electron chi connectivity index (χ3n) is 2.12. The Labute approximate surface area is 79.7 Å². The summed E-state index contributed by atoms with van der Waals surface area (Å²) >= 11 is 0. The Morgan fingerprint density at radius 1 is 1.46 bits per heavy atom. The molecule has 0 bridgehead atoms. The van der Waals surface area contributed by atoms with Crippen LogP contribution in [0.4, 0.5) is 0 Å². The van der Waals surface area contributed by atoms with Crippen molar-refractivity contribution < 1.29 is 4.74 Å². The molecule has 0 unspecified atom stereocenters. The lowest BCUT2D eigenvalue weighted by molar-refractivity contribution is 0.413. The van der Waals surface area contributed by atoms with Gasteiger partial charge in [0.15, 0.2) is 0 Å². The molecule has 2 heteroatoms. The number of rotatable bonds is 4. The predicted molar refractivity (Wildman–Crippen MR) is 54.8 cm³/mol. The minimum Gasteiger partial charge on any atom is -0.497 e. The SMILES string of the molecule is CCC[C@@H](N)c1cccc(OC)c1. The number of ether oxygens (including phenoxy) is 1. The molecule has 1 atom stereocenters.